The maximum atomic E-state index is 12.5. The number of thiophene rings is 1. The molecule has 5 N–H and O–H groups in total. The zero-order valence-corrected chi connectivity index (χ0v) is 21.4. The molecular weight excluding hydrogens is 470 g/mol. The van der Waals surface area contributed by atoms with Crippen molar-refractivity contribution in [2.45, 2.75) is 45.3 Å². The van der Waals surface area contributed by atoms with Crippen molar-refractivity contribution in [2.75, 3.05) is 11.9 Å². The molecule has 9 heteroatoms. The molecule has 5 heterocycles. The summed E-state index contributed by atoms with van der Waals surface area (Å²) in [6, 6.07) is 13.1. The van der Waals surface area contributed by atoms with E-state index >= 15 is 0 Å². The second kappa shape index (κ2) is 9.08. The van der Waals surface area contributed by atoms with Crippen molar-refractivity contribution in [3.8, 4) is 10.4 Å². The topological polar surface area (TPSA) is 107 Å². The summed E-state index contributed by atoms with van der Waals surface area (Å²) < 4.78 is 0. The monoisotopic (exact) mass is 501 g/mol. The van der Waals surface area contributed by atoms with E-state index in [1.807, 2.05) is 33.0 Å². The molecule has 2 aliphatic heterocycles. The van der Waals surface area contributed by atoms with Crippen LogP contribution in [0.2, 0.25) is 0 Å². The third-order valence-electron chi connectivity index (χ3n) is 7.17. The zero-order valence-electron chi connectivity index (χ0n) is 20.6. The fraction of sp³-hybridized carbons (Fsp3) is 0.370. The third-order valence-corrected chi connectivity index (χ3v) is 8.08. The fourth-order valence-electron chi connectivity index (χ4n) is 5.16. The number of amides is 1. The van der Waals surface area contributed by atoms with Gasteiger partial charge in [0.25, 0.3) is 0 Å². The first kappa shape index (κ1) is 23.3. The maximum Gasteiger partial charge on any atom is 0.229 e. The summed E-state index contributed by atoms with van der Waals surface area (Å²) in [6.07, 6.45) is 4.52. The first-order chi connectivity index (χ1) is 17.4. The van der Waals surface area contributed by atoms with Crippen molar-refractivity contribution in [3.63, 3.8) is 0 Å². The number of piperidine rings is 1. The lowest BCUT2D eigenvalue weighted by atomic mass is 9.82. The first-order valence-corrected chi connectivity index (χ1v) is 13.3. The van der Waals surface area contributed by atoms with Crippen LogP contribution in [0.1, 0.15) is 50.7 Å². The summed E-state index contributed by atoms with van der Waals surface area (Å²) >= 11 is 1.73. The molecule has 2 fully saturated rings. The second-order valence-electron chi connectivity index (χ2n) is 10.7. The van der Waals surface area contributed by atoms with Gasteiger partial charge < -0.3 is 15.6 Å². The van der Waals surface area contributed by atoms with Gasteiger partial charge in [-0.3, -0.25) is 15.2 Å². The van der Waals surface area contributed by atoms with Gasteiger partial charge in [-0.15, -0.1) is 11.3 Å². The van der Waals surface area contributed by atoms with Crippen LogP contribution in [0.5, 0.6) is 0 Å². The second-order valence-corrected chi connectivity index (χ2v) is 11.7. The molecule has 186 valence electrons. The Hall–Kier alpha value is -3.11. The number of hydrogen-bond donors (Lipinski definition) is 5. The number of anilines is 1. The standard InChI is InChI=1S/C27H31N7OS/c1-27(2,3)26(35)30-16-10-15(12-28-13-16)20-11-18-21(14-29-20)33-34-24(18)25-31-19-7-4-6-17(23(19)32-25)22-8-5-9-36-22/h4-10,12-13,18,20-21,24,29,33-34H,11,14H2,1-3H3,(H,30,35)(H,31,32). The molecule has 8 nitrogen and oxygen atoms in total. The number of nitrogens with zero attached hydrogens (tertiary/aromatic N) is 2. The van der Waals surface area contributed by atoms with Crippen LogP contribution in [-0.2, 0) is 4.79 Å². The number of fused-ring (bicyclic) bond motifs is 2. The van der Waals surface area contributed by atoms with Crippen molar-refractivity contribution in [1.29, 1.82) is 0 Å². The highest BCUT2D eigenvalue weighted by atomic mass is 32.1. The van der Waals surface area contributed by atoms with Gasteiger partial charge in [0.2, 0.25) is 5.91 Å². The molecule has 2 saturated heterocycles. The summed E-state index contributed by atoms with van der Waals surface area (Å²) in [4.78, 5) is 26.8. The number of imidazole rings is 1. The van der Waals surface area contributed by atoms with Crippen LogP contribution in [0.4, 0.5) is 5.69 Å². The molecule has 0 radical (unpaired) electrons. The van der Waals surface area contributed by atoms with Gasteiger partial charge in [-0.05, 0) is 35.6 Å². The highest BCUT2D eigenvalue weighted by molar-refractivity contribution is 7.13. The van der Waals surface area contributed by atoms with Crippen LogP contribution < -0.4 is 21.5 Å². The number of pyridine rings is 1. The average molecular weight is 502 g/mol. The van der Waals surface area contributed by atoms with Gasteiger partial charge in [-0.2, -0.15) is 0 Å². The summed E-state index contributed by atoms with van der Waals surface area (Å²) in [5.74, 6) is 1.28. The van der Waals surface area contributed by atoms with Gasteiger partial charge in [-0.1, -0.05) is 39.0 Å². The Balaban J connectivity index is 1.24. The number of nitrogens with one attached hydrogen (secondary N) is 5. The van der Waals surface area contributed by atoms with E-state index in [0.717, 1.165) is 46.6 Å². The van der Waals surface area contributed by atoms with Crippen LogP contribution in [0, 0.1) is 11.3 Å². The molecule has 0 aliphatic carbocycles. The molecule has 2 aliphatic rings. The lowest BCUT2D eigenvalue weighted by Crippen LogP contribution is -2.46. The normalized spacial score (nSPS) is 24.1. The molecule has 0 bridgehead atoms. The number of para-hydroxylation sites is 1. The number of carbonyl (C=O) groups excluding carboxylic acids is 1. The molecule has 1 aromatic carbocycles. The van der Waals surface area contributed by atoms with Gasteiger partial charge in [0.1, 0.15) is 5.82 Å². The molecule has 3 aromatic heterocycles. The average Bonchev–Trinajstić information content (AvgIpc) is 3.62. The van der Waals surface area contributed by atoms with Crippen molar-refractivity contribution in [3.05, 3.63) is 65.6 Å². The summed E-state index contributed by atoms with van der Waals surface area (Å²) in [7, 11) is 0. The van der Waals surface area contributed by atoms with Crippen LogP contribution >= 0.6 is 11.3 Å². The highest BCUT2D eigenvalue weighted by Gasteiger charge is 2.42. The van der Waals surface area contributed by atoms with E-state index in [0.29, 0.717) is 12.0 Å². The summed E-state index contributed by atoms with van der Waals surface area (Å²) in [5.41, 5.74) is 11.6. The van der Waals surface area contributed by atoms with Gasteiger partial charge in [0.15, 0.2) is 0 Å². The lowest BCUT2D eigenvalue weighted by Gasteiger charge is -2.34. The van der Waals surface area contributed by atoms with Crippen LogP contribution in [0.15, 0.2) is 54.2 Å². The zero-order chi connectivity index (χ0) is 24.9. The Bertz CT molecular complexity index is 1390. The van der Waals surface area contributed by atoms with E-state index in [1.165, 1.54) is 4.88 Å². The maximum absolute atomic E-state index is 12.5. The number of aromatic nitrogens is 3. The van der Waals surface area contributed by atoms with Gasteiger partial charge in [0, 0.05) is 46.6 Å². The minimum atomic E-state index is -0.462. The number of carbonyl (C=O) groups is 1. The predicted molar refractivity (Wildman–Crippen MR) is 143 cm³/mol. The summed E-state index contributed by atoms with van der Waals surface area (Å²) in [5, 5.41) is 8.76. The first-order valence-electron chi connectivity index (χ1n) is 12.4. The quantitative estimate of drug-likeness (QED) is 0.281. The number of H-pyrrole nitrogens is 1. The Kier molecular flexibility index (Phi) is 5.88. The Morgan fingerprint density at radius 1 is 1.14 bits per heavy atom. The van der Waals surface area contributed by atoms with Crippen molar-refractivity contribution in [1.82, 2.24) is 31.1 Å². The fourth-order valence-corrected chi connectivity index (χ4v) is 5.91. The Morgan fingerprint density at radius 2 is 2.03 bits per heavy atom. The smallest absolute Gasteiger partial charge is 0.229 e. The summed E-state index contributed by atoms with van der Waals surface area (Å²) in [6.45, 7) is 6.55. The molecule has 4 aromatic rings. The molecular formula is C27H31N7OS. The largest absolute Gasteiger partial charge is 0.341 e. The molecule has 4 atom stereocenters. The number of hydrogen-bond acceptors (Lipinski definition) is 7. The van der Waals surface area contributed by atoms with E-state index in [2.05, 4.69) is 67.2 Å². The lowest BCUT2D eigenvalue weighted by molar-refractivity contribution is -0.123. The highest BCUT2D eigenvalue weighted by Crippen LogP contribution is 2.39. The number of hydrazine groups is 1. The number of aromatic amines is 1. The Labute approximate surface area is 214 Å². The molecule has 1 amide bonds. The molecule has 6 rings (SSSR count). The minimum absolute atomic E-state index is 0.0193. The van der Waals surface area contributed by atoms with E-state index in [4.69, 9.17) is 4.98 Å². The van der Waals surface area contributed by atoms with Gasteiger partial charge in [-0.25, -0.2) is 10.4 Å². The van der Waals surface area contributed by atoms with E-state index in [9.17, 15) is 4.79 Å². The predicted octanol–water partition coefficient (Wildman–Crippen LogP) is 4.54. The third kappa shape index (κ3) is 4.32. The molecule has 4 unspecified atom stereocenters. The Morgan fingerprint density at radius 3 is 2.83 bits per heavy atom. The molecule has 36 heavy (non-hydrogen) atoms. The molecule has 0 spiro atoms. The van der Waals surface area contributed by atoms with Crippen LogP contribution in [-0.4, -0.2) is 33.4 Å². The molecule has 0 saturated carbocycles. The van der Waals surface area contributed by atoms with E-state index in [-0.39, 0.29) is 18.0 Å². The van der Waals surface area contributed by atoms with Crippen LogP contribution in [0.3, 0.4) is 0 Å². The van der Waals surface area contributed by atoms with Gasteiger partial charge in [0.05, 0.1) is 29.0 Å². The van der Waals surface area contributed by atoms with Crippen LogP contribution in [0.25, 0.3) is 21.5 Å². The SMILES string of the molecule is CC(C)(C)C(=O)Nc1cncc(C2CC3C(CN2)NNC3c2nc3c(-c4cccs4)cccc3[nH]2)c1. The van der Waals surface area contributed by atoms with E-state index < -0.39 is 5.41 Å². The van der Waals surface area contributed by atoms with Crippen molar-refractivity contribution in [2.24, 2.45) is 11.3 Å². The van der Waals surface area contributed by atoms with E-state index in [1.54, 1.807) is 17.5 Å². The van der Waals surface area contributed by atoms with Crippen molar-refractivity contribution < 1.29 is 4.79 Å². The van der Waals surface area contributed by atoms with Crippen molar-refractivity contribution >= 4 is 34.0 Å². The van der Waals surface area contributed by atoms with Gasteiger partial charge >= 0.3 is 0 Å². The minimum Gasteiger partial charge on any atom is -0.341 e. The number of rotatable bonds is 4. The number of benzene rings is 1.